The van der Waals surface area contributed by atoms with E-state index in [1.807, 2.05) is 0 Å². The highest BCUT2D eigenvalue weighted by atomic mass is 32.2. The summed E-state index contributed by atoms with van der Waals surface area (Å²) in [6.45, 7) is 0.159. The highest BCUT2D eigenvalue weighted by molar-refractivity contribution is 7.92. The molecular formula is C13H15N3O5S. The number of hydrogen-bond donors (Lipinski definition) is 1. The van der Waals surface area contributed by atoms with Gasteiger partial charge < -0.3 is 19.7 Å². The van der Waals surface area contributed by atoms with Gasteiger partial charge in [0.05, 0.1) is 25.2 Å². The lowest BCUT2D eigenvalue weighted by Gasteiger charge is -2.27. The van der Waals surface area contributed by atoms with Gasteiger partial charge in [-0.15, -0.1) is 0 Å². The summed E-state index contributed by atoms with van der Waals surface area (Å²) in [7, 11) is -1.44. The Bertz CT molecular complexity index is 775. The first-order valence-electron chi connectivity index (χ1n) is 6.59. The standard InChI is InChI=1S/C13H15N3O5S/c1-19-10-3-2-8(13-15-12(5-14)21-16-13)4-11(10)20-9-6-22(17,18)7-9/h2-4,9H,5-7,14H2,1H3. The molecule has 0 aliphatic carbocycles. The van der Waals surface area contributed by atoms with Crippen LogP contribution < -0.4 is 15.2 Å². The Balaban J connectivity index is 1.86. The number of nitrogens with zero attached hydrogens (tertiary/aromatic N) is 2. The molecule has 0 bridgehead atoms. The minimum Gasteiger partial charge on any atom is -0.493 e. The molecule has 1 saturated heterocycles. The van der Waals surface area contributed by atoms with E-state index in [0.717, 1.165) is 0 Å². The van der Waals surface area contributed by atoms with Crippen LogP contribution in [0.25, 0.3) is 11.4 Å². The molecule has 1 aromatic heterocycles. The second-order valence-corrected chi connectivity index (χ2v) is 7.05. The number of nitrogens with two attached hydrogens (primary N) is 1. The lowest BCUT2D eigenvalue weighted by molar-refractivity contribution is 0.219. The Morgan fingerprint density at radius 3 is 2.73 bits per heavy atom. The van der Waals surface area contributed by atoms with Gasteiger partial charge in [-0.2, -0.15) is 4.98 Å². The van der Waals surface area contributed by atoms with Gasteiger partial charge in [-0.1, -0.05) is 5.16 Å². The highest BCUT2D eigenvalue weighted by Gasteiger charge is 2.35. The molecule has 22 heavy (non-hydrogen) atoms. The Hall–Kier alpha value is -2.13. The number of methoxy groups -OCH3 is 1. The summed E-state index contributed by atoms with van der Waals surface area (Å²) in [5.41, 5.74) is 6.10. The number of hydrogen-bond acceptors (Lipinski definition) is 8. The molecule has 0 saturated carbocycles. The number of benzene rings is 1. The molecule has 0 unspecified atom stereocenters. The highest BCUT2D eigenvalue weighted by Crippen LogP contribution is 2.33. The summed E-state index contributed by atoms with van der Waals surface area (Å²) >= 11 is 0. The second-order valence-electron chi connectivity index (χ2n) is 4.90. The summed E-state index contributed by atoms with van der Waals surface area (Å²) in [5.74, 6) is 1.70. The third kappa shape index (κ3) is 2.90. The quantitative estimate of drug-likeness (QED) is 0.838. The Morgan fingerprint density at radius 1 is 1.36 bits per heavy atom. The first-order chi connectivity index (χ1) is 10.5. The number of ether oxygens (including phenoxy) is 2. The van der Waals surface area contributed by atoms with E-state index in [1.54, 1.807) is 18.2 Å². The predicted octanol–water partition coefficient (Wildman–Crippen LogP) is 0.380. The maximum absolute atomic E-state index is 11.2. The van der Waals surface area contributed by atoms with Gasteiger partial charge in [-0.25, -0.2) is 8.42 Å². The van der Waals surface area contributed by atoms with E-state index >= 15 is 0 Å². The van der Waals surface area contributed by atoms with Crippen molar-refractivity contribution in [2.45, 2.75) is 12.6 Å². The fourth-order valence-corrected chi connectivity index (χ4v) is 3.30. The summed E-state index contributed by atoms with van der Waals surface area (Å²) in [6.07, 6.45) is -0.362. The molecule has 1 aliphatic heterocycles. The van der Waals surface area contributed by atoms with Crippen LogP contribution in [0.1, 0.15) is 5.89 Å². The zero-order valence-corrected chi connectivity index (χ0v) is 12.7. The molecular weight excluding hydrogens is 310 g/mol. The van der Waals surface area contributed by atoms with Crippen molar-refractivity contribution < 1.29 is 22.4 Å². The monoisotopic (exact) mass is 325 g/mol. The molecule has 0 spiro atoms. The molecule has 1 aromatic carbocycles. The molecule has 0 amide bonds. The summed E-state index contributed by atoms with van der Waals surface area (Å²) < 4.78 is 38.3. The van der Waals surface area contributed by atoms with Crippen LogP contribution in [0.15, 0.2) is 22.7 Å². The minimum atomic E-state index is -2.95. The van der Waals surface area contributed by atoms with E-state index in [1.165, 1.54) is 7.11 Å². The molecule has 2 N–H and O–H groups in total. The van der Waals surface area contributed by atoms with Gasteiger partial charge in [0.1, 0.15) is 6.10 Å². The molecule has 9 heteroatoms. The first-order valence-corrected chi connectivity index (χ1v) is 8.41. The Kier molecular flexibility index (Phi) is 3.75. The van der Waals surface area contributed by atoms with Gasteiger partial charge in [0.25, 0.3) is 0 Å². The van der Waals surface area contributed by atoms with Gasteiger partial charge in [-0.3, -0.25) is 0 Å². The zero-order chi connectivity index (χ0) is 15.7. The van der Waals surface area contributed by atoms with E-state index in [9.17, 15) is 8.42 Å². The van der Waals surface area contributed by atoms with Crippen molar-refractivity contribution in [1.82, 2.24) is 10.1 Å². The van der Waals surface area contributed by atoms with Crippen molar-refractivity contribution in [3.8, 4) is 22.9 Å². The average molecular weight is 325 g/mol. The van der Waals surface area contributed by atoms with Crippen molar-refractivity contribution in [2.24, 2.45) is 5.73 Å². The Morgan fingerprint density at radius 2 is 2.14 bits per heavy atom. The van der Waals surface area contributed by atoms with Crippen LogP contribution >= 0.6 is 0 Å². The number of rotatable bonds is 5. The van der Waals surface area contributed by atoms with Crippen LogP contribution in [0.4, 0.5) is 0 Å². The molecule has 2 heterocycles. The van der Waals surface area contributed by atoms with Gasteiger partial charge in [-0.05, 0) is 18.2 Å². The molecule has 2 aromatic rings. The fourth-order valence-electron chi connectivity index (χ4n) is 2.13. The van der Waals surface area contributed by atoms with Crippen LogP contribution in [0, 0.1) is 0 Å². The molecule has 1 fully saturated rings. The van der Waals surface area contributed by atoms with Crippen molar-refractivity contribution in [3.63, 3.8) is 0 Å². The van der Waals surface area contributed by atoms with Crippen molar-refractivity contribution in [3.05, 3.63) is 24.1 Å². The van der Waals surface area contributed by atoms with Crippen molar-refractivity contribution in [1.29, 1.82) is 0 Å². The van der Waals surface area contributed by atoms with E-state index < -0.39 is 9.84 Å². The number of aromatic nitrogens is 2. The molecule has 0 radical (unpaired) electrons. The van der Waals surface area contributed by atoms with Gasteiger partial charge >= 0.3 is 0 Å². The molecule has 3 rings (SSSR count). The second kappa shape index (κ2) is 5.58. The lowest BCUT2D eigenvalue weighted by Crippen LogP contribution is -2.45. The summed E-state index contributed by atoms with van der Waals surface area (Å²) in [4.78, 5) is 4.14. The number of sulfone groups is 1. The average Bonchev–Trinajstić information content (AvgIpc) is 2.94. The van der Waals surface area contributed by atoms with Crippen LogP contribution in [-0.4, -0.2) is 43.3 Å². The van der Waals surface area contributed by atoms with Crippen LogP contribution in [-0.2, 0) is 16.4 Å². The smallest absolute Gasteiger partial charge is 0.240 e. The topological polar surface area (TPSA) is 118 Å². The van der Waals surface area contributed by atoms with E-state index in [2.05, 4.69) is 10.1 Å². The normalized spacial score (nSPS) is 17.0. The molecule has 0 atom stereocenters. The summed E-state index contributed by atoms with van der Waals surface area (Å²) in [5, 5.41) is 3.83. The van der Waals surface area contributed by atoms with Gasteiger partial charge in [0.2, 0.25) is 11.7 Å². The largest absolute Gasteiger partial charge is 0.493 e. The van der Waals surface area contributed by atoms with Crippen LogP contribution in [0.3, 0.4) is 0 Å². The predicted molar refractivity (Wildman–Crippen MR) is 77.2 cm³/mol. The fraction of sp³-hybridized carbons (Fsp3) is 0.385. The minimum absolute atomic E-state index is 0.0138. The van der Waals surface area contributed by atoms with E-state index in [-0.39, 0.29) is 24.2 Å². The van der Waals surface area contributed by atoms with E-state index in [0.29, 0.717) is 28.8 Å². The lowest BCUT2D eigenvalue weighted by atomic mass is 10.2. The Labute approximate surface area is 127 Å². The third-order valence-corrected chi connectivity index (χ3v) is 5.00. The van der Waals surface area contributed by atoms with Crippen LogP contribution in [0.5, 0.6) is 11.5 Å². The zero-order valence-electron chi connectivity index (χ0n) is 11.9. The van der Waals surface area contributed by atoms with Gasteiger partial charge in [0.15, 0.2) is 21.3 Å². The molecule has 8 nitrogen and oxygen atoms in total. The van der Waals surface area contributed by atoms with Crippen LogP contribution in [0.2, 0.25) is 0 Å². The third-order valence-electron chi connectivity index (χ3n) is 3.24. The summed E-state index contributed by atoms with van der Waals surface area (Å²) in [6, 6.07) is 5.15. The van der Waals surface area contributed by atoms with E-state index in [4.69, 9.17) is 19.7 Å². The molecule has 118 valence electrons. The van der Waals surface area contributed by atoms with Crippen molar-refractivity contribution in [2.75, 3.05) is 18.6 Å². The molecule has 1 aliphatic rings. The first kappa shape index (κ1) is 14.8. The maximum Gasteiger partial charge on any atom is 0.240 e. The SMILES string of the molecule is COc1ccc(-c2noc(CN)n2)cc1OC1CS(=O)(=O)C1. The van der Waals surface area contributed by atoms with Crippen molar-refractivity contribution >= 4 is 9.84 Å². The maximum atomic E-state index is 11.2. The van der Waals surface area contributed by atoms with Gasteiger partial charge in [0, 0.05) is 5.56 Å².